The Labute approximate surface area is 69.8 Å². The minimum Gasteiger partial charge on any atom is -0.273 e. The molecule has 0 aliphatic carbocycles. The van der Waals surface area contributed by atoms with E-state index in [2.05, 4.69) is 0 Å². The van der Waals surface area contributed by atoms with Gasteiger partial charge in [-0.3, -0.25) is 14.4 Å². The lowest BCUT2D eigenvalue weighted by molar-refractivity contribution is -0.170. The molecular weight excluding hydrogens is 162 g/mol. The van der Waals surface area contributed by atoms with Gasteiger partial charge in [-0.15, -0.1) is 0 Å². The highest BCUT2D eigenvalue weighted by Crippen LogP contribution is 1.94. The van der Waals surface area contributed by atoms with Gasteiger partial charge >= 0.3 is 0 Å². The van der Waals surface area contributed by atoms with Crippen molar-refractivity contribution in [3.05, 3.63) is 0 Å². The van der Waals surface area contributed by atoms with Crippen LogP contribution < -0.4 is 5.84 Å². The van der Waals surface area contributed by atoms with E-state index in [4.69, 9.17) is 5.84 Å². The van der Waals surface area contributed by atoms with Gasteiger partial charge in [0.05, 0.1) is 0 Å². The Morgan fingerprint density at radius 1 is 0.917 bits per heavy atom. The number of carbonyl (C=O) groups is 3. The molecule has 0 aliphatic heterocycles. The number of hydrazine groups is 2. The molecule has 0 atom stereocenters. The average molecular weight is 173 g/mol. The van der Waals surface area contributed by atoms with Crippen LogP contribution in [0.3, 0.4) is 0 Å². The summed E-state index contributed by atoms with van der Waals surface area (Å²) in [6.45, 7) is 3.44. The van der Waals surface area contributed by atoms with Crippen molar-refractivity contribution >= 4 is 17.7 Å². The maximum atomic E-state index is 10.8. The van der Waals surface area contributed by atoms with Crippen LogP contribution in [0.15, 0.2) is 0 Å². The first kappa shape index (κ1) is 10.6. The van der Waals surface area contributed by atoms with Crippen LogP contribution in [0.2, 0.25) is 0 Å². The van der Waals surface area contributed by atoms with E-state index >= 15 is 0 Å². The Morgan fingerprint density at radius 2 is 1.25 bits per heavy atom. The number of nitrogens with two attached hydrogens (primary N) is 1. The van der Waals surface area contributed by atoms with Crippen LogP contribution in [0.5, 0.6) is 0 Å². The highest BCUT2D eigenvalue weighted by molar-refractivity contribution is 5.94. The number of amides is 3. The Hall–Kier alpha value is -1.43. The predicted octanol–water partition coefficient (Wildman–Crippen LogP) is -0.981. The number of hydrogen-bond donors (Lipinski definition) is 1. The molecule has 68 valence electrons. The summed E-state index contributed by atoms with van der Waals surface area (Å²) in [7, 11) is 0. The molecule has 0 rings (SSSR count). The molecule has 6 heteroatoms. The van der Waals surface area contributed by atoms with Gasteiger partial charge in [0.2, 0.25) is 11.8 Å². The van der Waals surface area contributed by atoms with Gasteiger partial charge in [-0.25, -0.2) is 5.84 Å². The van der Waals surface area contributed by atoms with Crippen molar-refractivity contribution in [3.63, 3.8) is 0 Å². The predicted molar refractivity (Wildman–Crippen MR) is 39.9 cm³/mol. The Kier molecular flexibility index (Phi) is 3.36. The van der Waals surface area contributed by atoms with Crippen molar-refractivity contribution in [2.24, 2.45) is 5.84 Å². The van der Waals surface area contributed by atoms with Gasteiger partial charge in [-0.2, -0.15) is 10.1 Å². The van der Waals surface area contributed by atoms with Crippen LogP contribution in [-0.4, -0.2) is 27.8 Å². The van der Waals surface area contributed by atoms with E-state index in [9.17, 15) is 14.4 Å². The second-order valence-corrected chi connectivity index (χ2v) is 2.21. The molecule has 0 saturated carbocycles. The normalized spacial score (nSPS) is 9.00. The van der Waals surface area contributed by atoms with Gasteiger partial charge in [0.15, 0.2) is 0 Å². The fourth-order valence-corrected chi connectivity index (χ4v) is 0.666. The molecule has 0 aliphatic rings. The van der Waals surface area contributed by atoms with E-state index < -0.39 is 17.7 Å². The summed E-state index contributed by atoms with van der Waals surface area (Å²) in [5, 5.41) is 1.03. The zero-order chi connectivity index (χ0) is 9.89. The molecule has 0 spiro atoms. The fourth-order valence-electron chi connectivity index (χ4n) is 0.666. The maximum Gasteiger partial charge on any atom is 0.253 e. The Balaban J connectivity index is 4.63. The molecule has 0 heterocycles. The fraction of sp³-hybridized carbons (Fsp3) is 0.500. The number of hydrogen-bond acceptors (Lipinski definition) is 4. The van der Waals surface area contributed by atoms with Gasteiger partial charge in [0.1, 0.15) is 0 Å². The van der Waals surface area contributed by atoms with Gasteiger partial charge in [-0.05, 0) is 0 Å². The Morgan fingerprint density at radius 3 is 1.33 bits per heavy atom. The molecule has 0 aromatic heterocycles. The van der Waals surface area contributed by atoms with E-state index in [1.165, 1.54) is 0 Å². The molecule has 6 nitrogen and oxygen atoms in total. The van der Waals surface area contributed by atoms with Gasteiger partial charge in [-0.1, -0.05) is 0 Å². The monoisotopic (exact) mass is 173 g/mol. The van der Waals surface area contributed by atoms with Gasteiger partial charge < -0.3 is 0 Å². The lowest BCUT2D eigenvalue weighted by atomic mass is 10.5. The van der Waals surface area contributed by atoms with Gasteiger partial charge in [0, 0.05) is 20.8 Å². The first-order valence-corrected chi connectivity index (χ1v) is 3.24. The zero-order valence-electron chi connectivity index (χ0n) is 7.20. The van der Waals surface area contributed by atoms with E-state index in [1.54, 1.807) is 0 Å². The third-order valence-corrected chi connectivity index (χ3v) is 1.13. The molecule has 0 aromatic rings. The average Bonchev–Trinajstić information content (AvgIpc) is 1.85. The maximum absolute atomic E-state index is 10.8. The van der Waals surface area contributed by atoms with E-state index in [0.717, 1.165) is 20.8 Å². The summed E-state index contributed by atoms with van der Waals surface area (Å²) >= 11 is 0. The standard InChI is InChI=1S/C6H11N3O3/c1-4(10)8(5(2)11)9(7)6(3)12/h7H2,1-3H3. The largest absolute Gasteiger partial charge is 0.273 e. The van der Waals surface area contributed by atoms with Crippen molar-refractivity contribution in [1.82, 2.24) is 10.1 Å². The molecule has 0 bridgehead atoms. The topological polar surface area (TPSA) is 83.7 Å². The van der Waals surface area contributed by atoms with Crippen LogP contribution in [0.4, 0.5) is 0 Å². The van der Waals surface area contributed by atoms with Crippen LogP contribution in [0, 0.1) is 0 Å². The quantitative estimate of drug-likeness (QED) is 0.290. The molecule has 0 saturated heterocycles. The minimum absolute atomic E-state index is 0.477. The van der Waals surface area contributed by atoms with Crippen molar-refractivity contribution in [3.8, 4) is 0 Å². The van der Waals surface area contributed by atoms with Crippen molar-refractivity contribution in [2.45, 2.75) is 20.8 Å². The zero-order valence-corrected chi connectivity index (χ0v) is 7.20. The van der Waals surface area contributed by atoms with Crippen LogP contribution in [0.25, 0.3) is 0 Å². The lowest BCUT2D eigenvalue weighted by Gasteiger charge is -2.25. The molecule has 2 N–H and O–H groups in total. The highest BCUT2D eigenvalue weighted by Gasteiger charge is 2.21. The second-order valence-electron chi connectivity index (χ2n) is 2.21. The smallest absolute Gasteiger partial charge is 0.253 e. The first-order valence-electron chi connectivity index (χ1n) is 3.24. The SMILES string of the molecule is CC(=O)N(N)N(C(C)=O)C(C)=O. The molecule has 0 aromatic carbocycles. The third kappa shape index (κ3) is 2.31. The van der Waals surface area contributed by atoms with Crippen molar-refractivity contribution < 1.29 is 14.4 Å². The van der Waals surface area contributed by atoms with Crippen molar-refractivity contribution in [2.75, 3.05) is 0 Å². The number of carbonyl (C=O) groups excluding carboxylic acids is 3. The third-order valence-electron chi connectivity index (χ3n) is 1.13. The summed E-state index contributed by atoms with van der Waals surface area (Å²) in [5.41, 5.74) is 0. The summed E-state index contributed by atoms with van der Waals surface area (Å²) in [6, 6.07) is 0. The number of rotatable bonds is 0. The first-order chi connectivity index (χ1) is 5.37. The highest BCUT2D eigenvalue weighted by atomic mass is 16.2. The summed E-state index contributed by atoms with van der Waals surface area (Å²) < 4.78 is 0. The molecule has 0 radical (unpaired) electrons. The van der Waals surface area contributed by atoms with Crippen molar-refractivity contribution in [1.29, 1.82) is 0 Å². The Bertz CT molecular complexity index is 212. The van der Waals surface area contributed by atoms with Crippen LogP contribution >= 0.6 is 0 Å². The minimum atomic E-state index is -0.597. The number of nitrogens with zero attached hydrogens (tertiary/aromatic N) is 2. The molecular formula is C6H11N3O3. The molecule has 0 fully saturated rings. The van der Waals surface area contributed by atoms with E-state index in [1.807, 2.05) is 0 Å². The second kappa shape index (κ2) is 3.82. The molecule has 0 unspecified atom stereocenters. The van der Waals surface area contributed by atoms with E-state index in [-0.39, 0.29) is 0 Å². The summed E-state index contributed by atoms with van der Waals surface area (Å²) in [4.78, 5) is 32.2. The summed E-state index contributed by atoms with van der Waals surface area (Å²) in [5.74, 6) is 3.35. The van der Waals surface area contributed by atoms with Gasteiger partial charge in [0.25, 0.3) is 5.91 Å². The number of imide groups is 1. The van der Waals surface area contributed by atoms with Crippen LogP contribution in [-0.2, 0) is 14.4 Å². The summed E-state index contributed by atoms with van der Waals surface area (Å²) in [6.07, 6.45) is 0. The molecule has 12 heavy (non-hydrogen) atoms. The molecule has 3 amide bonds. The lowest BCUT2D eigenvalue weighted by Crippen LogP contribution is -2.54. The van der Waals surface area contributed by atoms with E-state index in [0.29, 0.717) is 10.1 Å². The van der Waals surface area contributed by atoms with Crippen LogP contribution in [0.1, 0.15) is 20.8 Å².